The number of carboxylic acids is 1. The molecule has 0 radical (unpaired) electrons. The van der Waals surface area contributed by atoms with E-state index in [1.807, 2.05) is 0 Å². The minimum atomic E-state index is -3.14. The van der Waals surface area contributed by atoms with Crippen LogP contribution < -0.4 is 0 Å². The molecule has 1 atom stereocenters. The zero-order valence-electron chi connectivity index (χ0n) is 6.57. The summed E-state index contributed by atoms with van der Waals surface area (Å²) in [4.78, 5) is 10.2. The summed E-state index contributed by atoms with van der Waals surface area (Å²) in [6.45, 7) is 2.89. The summed E-state index contributed by atoms with van der Waals surface area (Å²) in [7, 11) is -3.14. The number of carbonyl (C=O) groups is 1. The average Bonchev–Trinajstić information content (AvgIpc) is 1.87. The summed E-state index contributed by atoms with van der Waals surface area (Å²) in [5.41, 5.74) is 0. The molecule has 0 aromatic rings. The molecular formula is C6H12O4S. The number of hydrogen-bond donors (Lipinski definition) is 1. The molecule has 0 aliphatic heterocycles. The number of aliphatic carboxylic acids is 1. The molecule has 11 heavy (non-hydrogen) atoms. The van der Waals surface area contributed by atoms with Crippen LogP contribution in [0, 0.1) is 5.92 Å². The van der Waals surface area contributed by atoms with Crippen LogP contribution >= 0.6 is 0 Å². The largest absolute Gasteiger partial charge is 0.481 e. The van der Waals surface area contributed by atoms with E-state index in [1.165, 1.54) is 13.8 Å². The lowest BCUT2D eigenvalue weighted by Gasteiger charge is -2.04. The van der Waals surface area contributed by atoms with Gasteiger partial charge in [-0.15, -0.1) is 0 Å². The van der Waals surface area contributed by atoms with Crippen LogP contribution in [0.25, 0.3) is 0 Å². The first-order valence-electron chi connectivity index (χ1n) is 3.32. The molecule has 0 aromatic carbocycles. The fourth-order valence-electron chi connectivity index (χ4n) is 0.570. The van der Waals surface area contributed by atoms with Crippen molar-refractivity contribution in [2.24, 2.45) is 5.92 Å². The van der Waals surface area contributed by atoms with Crippen molar-refractivity contribution in [3.8, 4) is 0 Å². The Balaban J connectivity index is 4.16. The van der Waals surface area contributed by atoms with Crippen LogP contribution in [0.15, 0.2) is 0 Å². The molecule has 0 aliphatic rings. The Hall–Kier alpha value is -0.580. The van der Waals surface area contributed by atoms with E-state index in [4.69, 9.17) is 5.11 Å². The number of carboxylic acid groups (broad SMARTS) is 1. The van der Waals surface area contributed by atoms with Crippen molar-refractivity contribution in [3.05, 3.63) is 0 Å². The monoisotopic (exact) mass is 180 g/mol. The fraction of sp³-hybridized carbons (Fsp3) is 0.833. The summed E-state index contributed by atoms with van der Waals surface area (Å²) in [6.07, 6.45) is 0. The van der Waals surface area contributed by atoms with Gasteiger partial charge >= 0.3 is 5.97 Å². The van der Waals surface area contributed by atoms with Crippen LogP contribution in [-0.4, -0.2) is 31.0 Å². The van der Waals surface area contributed by atoms with Crippen molar-refractivity contribution in [2.45, 2.75) is 13.8 Å². The van der Waals surface area contributed by atoms with Crippen molar-refractivity contribution >= 4 is 15.8 Å². The molecule has 0 aromatic heterocycles. The maximum atomic E-state index is 10.9. The van der Waals surface area contributed by atoms with Crippen LogP contribution in [0.4, 0.5) is 0 Å². The quantitative estimate of drug-likeness (QED) is 0.668. The van der Waals surface area contributed by atoms with Crippen molar-refractivity contribution in [3.63, 3.8) is 0 Å². The molecule has 5 heteroatoms. The molecule has 1 unspecified atom stereocenters. The fourth-order valence-corrected chi connectivity index (χ4v) is 1.71. The third kappa shape index (κ3) is 3.98. The lowest BCUT2D eigenvalue weighted by atomic mass is 10.2. The van der Waals surface area contributed by atoms with Crippen LogP contribution in [-0.2, 0) is 14.6 Å². The van der Waals surface area contributed by atoms with Crippen LogP contribution in [0.1, 0.15) is 13.8 Å². The first-order valence-corrected chi connectivity index (χ1v) is 5.14. The van der Waals surface area contributed by atoms with E-state index in [0.717, 1.165) is 0 Å². The highest BCUT2D eigenvalue weighted by molar-refractivity contribution is 7.91. The van der Waals surface area contributed by atoms with Gasteiger partial charge in [0.15, 0.2) is 9.84 Å². The Morgan fingerprint density at radius 2 is 2.00 bits per heavy atom. The molecular weight excluding hydrogens is 168 g/mol. The van der Waals surface area contributed by atoms with E-state index in [0.29, 0.717) is 0 Å². The predicted molar refractivity (Wildman–Crippen MR) is 41.1 cm³/mol. The summed E-state index contributed by atoms with van der Waals surface area (Å²) in [5, 5.41) is 8.38. The molecule has 0 saturated carbocycles. The van der Waals surface area contributed by atoms with Gasteiger partial charge in [0.25, 0.3) is 0 Å². The Morgan fingerprint density at radius 1 is 1.55 bits per heavy atom. The molecule has 0 heterocycles. The molecule has 0 spiro atoms. The first kappa shape index (κ1) is 10.4. The topological polar surface area (TPSA) is 71.4 Å². The van der Waals surface area contributed by atoms with E-state index >= 15 is 0 Å². The minimum Gasteiger partial charge on any atom is -0.481 e. The van der Waals surface area contributed by atoms with Gasteiger partial charge in [-0.1, -0.05) is 13.8 Å². The second-order valence-corrected chi connectivity index (χ2v) is 4.84. The second-order valence-electron chi connectivity index (χ2n) is 2.44. The van der Waals surface area contributed by atoms with E-state index in [9.17, 15) is 13.2 Å². The maximum absolute atomic E-state index is 10.9. The number of hydrogen-bond acceptors (Lipinski definition) is 3. The van der Waals surface area contributed by atoms with Gasteiger partial charge in [-0.25, -0.2) is 8.42 Å². The van der Waals surface area contributed by atoms with Gasteiger partial charge < -0.3 is 5.11 Å². The van der Waals surface area contributed by atoms with Gasteiger partial charge in [0.2, 0.25) is 0 Å². The van der Waals surface area contributed by atoms with Crippen molar-refractivity contribution in [1.29, 1.82) is 0 Å². The van der Waals surface area contributed by atoms with Gasteiger partial charge in [-0.05, 0) is 0 Å². The second kappa shape index (κ2) is 3.71. The van der Waals surface area contributed by atoms with Crippen LogP contribution in [0.5, 0.6) is 0 Å². The SMILES string of the molecule is CCS(=O)(=O)CC(C)C(=O)O. The normalized spacial score (nSPS) is 14.4. The predicted octanol–water partition coefficient (Wildman–Crippen LogP) is 0.142. The molecule has 0 bridgehead atoms. The summed E-state index contributed by atoms with van der Waals surface area (Å²) < 4.78 is 21.7. The van der Waals surface area contributed by atoms with Crippen LogP contribution in [0.2, 0.25) is 0 Å². The van der Waals surface area contributed by atoms with E-state index in [1.54, 1.807) is 0 Å². The third-order valence-electron chi connectivity index (χ3n) is 1.37. The Morgan fingerprint density at radius 3 is 2.27 bits per heavy atom. The van der Waals surface area contributed by atoms with E-state index in [2.05, 4.69) is 0 Å². The lowest BCUT2D eigenvalue weighted by Crippen LogP contribution is -2.21. The number of rotatable bonds is 4. The lowest BCUT2D eigenvalue weighted by molar-refractivity contribution is -0.140. The highest BCUT2D eigenvalue weighted by Crippen LogP contribution is 2.01. The van der Waals surface area contributed by atoms with Gasteiger partial charge in [0, 0.05) is 5.75 Å². The standard InChI is InChI=1S/C6H12O4S/c1-3-11(9,10)4-5(2)6(7)8/h5H,3-4H2,1-2H3,(H,7,8). The van der Waals surface area contributed by atoms with Crippen molar-refractivity contribution in [2.75, 3.05) is 11.5 Å². The molecule has 66 valence electrons. The van der Waals surface area contributed by atoms with E-state index < -0.39 is 21.7 Å². The zero-order chi connectivity index (χ0) is 9.07. The Bertz CT molecular complexity index is 229. The minimum absolute atomic E-state index is 0.00458. The molecule has 0 saturated heterocycles. The van der Waals surface area contributed by atoms with Gasteiger partial charge in [0.1, 0.15) is 0 Å². The van der Waals surface area contributed by atoms with E-state index in [-0.39, 0.29) is 11.5 Å². The van der Waals surface area contributed by atoms with Crippen molar-refractivity contribution in [1.82, 2.24) is 0 Å². The molecule has 0 amide bonds. The maximum Gasteiger partial charge on any atom is 0.307 e. The summed E-state index contributed by atoms with van der Waals surface area (Å²) in [6, 6.07) is 0. The smallest absolute Gasteiger partial charge is 0.307 e. The average molecular weight is 180 g/mol. The van der Waals surface area contributed by atoms with Gasteiger partial charge in [-0.3, -0.25) is 4.79 Å². The van der Waals surface area contributed by atoms with Gasteiger partial charge in [0.05, 0.1) is 11.7 Å². The van der Waals surface area contributed by atoms with Crippen molar-refractivity contribution < 1.29 is 18.3 Å². The zero-order valence-corrected chi connectivity index (χ0v) is 7.39. The molecule has 0 rings (SSSR count). The summed E-state index contributed by atoms with van der Waals surface area (Å²) >= 11 is 0. The molecule has 0 fully saturated rings. The Labute approximate surface area is 66.1 Å². The highest BCUT2D eigenvalue weighted by Gasteiger charge is 2.18. The van der Waals surface area contributed by atoms with Gasteiger partial charge in [-0.2, -0.15) is 0 Å². The Kier molecular flexibility index (Phi) is 3.51. The molecule has 4 nitrogen and oxygen atoms in total. The third-order valence-corrected chi connectivity index (χ3v) is 3.25. The highest BCUT2D eigenvalue weighted by atomic mass is 32.2. The first-order chi connectivity index (χ1) is 4.89. The number of sulfone groups is 1. The molecule has 1 N–H and O–H groups in total. The molecule has 0 aliphatic carbocycles. The van der Waals surface area contributed by atoms with Crippen LogP contribution in [0.3, 0.4) is 0 Å². The summed E-state index contributed by atoms with van der Waals surface area (Å²) in [5.74, 6) is -2.13.